The molecule has 4 rings (SSSR count). The van der Waals surface area contributed by atoms with E-state index < -0.39 is 0 Å². The molecule has 5 unspecified atom stereocenters. The van der Waals surface area contributed by atoms with Gasteiger partial charge in [0.15, 0.2) is 0 Å². The summed E-state index contributed by atoms with van der Waals surface area (Å²) in [4.78, 5) is 0. The Bertz CT molecular complexity index is 510. The summed E-state index contributed by atoms with van der Waals surface area (Å²) in [5.74, 6) is 5.56. The third-order valence-corrected chi connectivity index (χ3v) is 6.03. The van der Waals surface area contributed by atoms with E-state index in [1.54, 1.807) is 0 Å². The summed E-state index contributed by atoms with van der Waals surface area (Å²) in [7, 11) is 0. The van der Waals surface area contributed by atoms with Crippen molar-refractivity contribution in [3.8, 4) is 5.75 Å². The molecule has 0 spiro atoms. The molecule has 0 aliphatic heterocycles. The molecule has 0 saturated heterocycles. The third kappa shape index (κ3) is 1.74. The van der Waals surface area contributed by atoms with Crippen molar-refractivity contribution in [1.82, 2.24) is 0 Å². The Labute approximate surface area is 121 Å². The van der Waals surface area contributed by atoms with Crippen molar-refractivity contribution in [3.05, 3.63) is 29.3 Å². The zero-order chi connectivity index (χ0) is 13.9. The third-order valence-electron chi connectivity index (χ3n) is 6.03. The molecule has 5 atom stereocenters. The minimum atomic E-state index is 0.176. The quantitative estimate of drug-likeness (QED) is 0.906. The number of rotatable bonds is 4. The molecule has 20 heavy (non-hydrogen) atoms. The summed E-state index contributed by atoms with van der Waals surface area (Å²) >= 11 is 0. The molecule has 0 aromatic heterocycles. The molecule has 3 fully saturated rings. The largest absolute Gasteiger partial charge is 0.494 e. The molecular weight excluding hydrogens is 246 g/mol. The molecule has 1 aromatic rings. The van der Waals surface area contributed by atoms with Crippen LogP contribution in [0.2, 0.25) is 0 Å². The molecule has 0 radical (unpaired) electrons. The van der Waals surface area contributed by atoms with Crippen LogP contribution in [0.4, 0.5) is 0 Å². The Kier molecular flexibility index (Phi) is 2.85. The van der Waals surface area contributed by atoms with Crippen LogP contribution in [0.3, 0.4) is 0 Å². The van der Waals surface area contributed by atoms with Crippen molar-refractivity contribution in [1.29, 1.82) is 0 Å². The Balaban J connectivity index is 1.60. The second kappa shape index (κ2) is 4.49. The second-order valence-corrected chi connectivity index (χ2v) is 7.07. The molecule has 108 valence electrons. The van der Waals surface area contributed by atoms with Gasteiger partial charge in [-0.05, 0) is 68.8 Å². The average molecular weight is 271 g/mol. The highest BCUT2D eigenvalue weighted by Gasteiger charge is 2.66. The number of aryl methyl sites for hydroxylation is 1. The van der Waals surface area contributed by atoms with Gasteiger partial charge in [-0.25, -0.2) is 0 Å². The number of fused-ring (bicyclic) bond motifs is 5. The van der Waals surface area contributed by atoms with Gasteiger partial charge in [-0.1, -0.05) is 17.7 Å². The standard InChI is InChI=1S/C18H25NO/c1-3-20-14-7-4-10(2)8-13(14)18(19)17-15-11-5-6-12(9-11)16(15)17/h4,7-8,11-12,15-18H,3,5-6,9,19H2,1-2H3. The van der Waals surface area contributed by atoms with Gasteiger partial charge in [0.05, 0.1) is 6.61 Å². The first-order valence-corrected chi connectivity index (χ1v) is 8.19. The van der Waals surface area contributed by atoms with Crippen LogP contribution in [0.5, 0.6) is 5.75 Å². The van der Waals surface area contributed by atoms with Crippen molar-refractivity contribution < 1.29 is 4.74 Å². The van der Waals surface area contributed by atoms with E-state index in [0.29, 0.717) is 6.61 Å². The number of ether oxygens (including phenoxy) is 1. The van der Waals surface area contributed by atoms with E-state index in [1.165, 1.54) is 30.4 Å². The van der Waals surface area contributed by atoms with E-state index in [4.69, 9.17) is 10.5 Å². The average Bonchev–Trinajstić information content (AvgIpc) is 2.88. The van der Waals surface area contributed by atoms with Crippen molar-refractivity contribution in [2.45, 2.75) is 39.2 Å². The fourth-order valence-corrected chi connectivity index (χ4v) is 5.30. The van der Waals surface area contributed by atoms with Gasteiger partial charge in [-0.2, -0.15) is 0 Å². The van der Waals surface area contributed by atoms with Crippen LogP contribution in [-0.2, 0) is 0 Å². The highest BCUT2D eigenvalue weighted by molar-refractivity contribution is 5.41. The number of benzene rings is 1. The van der Waals surface area contributed by atoms with Gasteiger partial charge in [-0.15, -0.1) is 0 Å². The highest BCUT2D eigenvalue weighted by atomic mass is 16.5. The SMILES string of the molecule is CCOc1ccc(C)cc1C(N)C1C2C3CCC(C3)C21. The van der Waals surface area contributed by atoms with Gasteiger partial charge in [0, 0.05) is 11.6 Å². The van der Waals surface area contributed by atoms with Gasteiger partial charge >= 0.3 is 0 Å². The number of hydrogen-bond acceptors (Lipinski definition) is 2. The van der Waals surface area contributed by atoms with Crippen molar-refractivity contribution in [2.75, 3.05) is 6.61 Å². The smallest absolute Gasteiger partial charge is 0.124 e. The molecule has 2 nitrogen and oxygen atoms in total. The predicted octanol–water partition coefficient (Wildman–Crippen LogP) is 3.69. The van der Waals surface area contributed by atoms with Gasteiger partial charge in [0.25, 0.3) is 0 Å². The molecule has 3 saturated carbocycles. The summed E-state index contributed by atoms with van der Waals surface area (Å²) < 4.78 is 5.80. The second-order valence-electron chi connectivity index (χ2n) is 7.07. The van der Waals surface area contributed by atoms with Crippen LogP contribution in [0.1, 0.15) is 43.4 Å². The van der Waals surface area contributed by atoms with Crippen LogP contribution in [0.15, 0.2) is 18.2 Å². The Morgan fingerprint density at radius 1 is 1.25 bits per heavy atom. The maximum absolute atomic E-state index is 6.66. The molecular formula is C18H25NO. The van der Waals surface area contributed by atoms with Crippen LogP contribution < -0.4 is 10.5 Å². The molecule has 1 aromatic carbocycles. The van der Waals surface area contributed by atoms with Gasteiger partial charge < -0.3 is 10.5 Å². The molecule has 2 N–H and O–H groups in total. The van der Waals surface area contributed by atoms with Crippen LogP contribution in [-0.4, -0.2) is 6.61 Å². The van der Waals surface area contributed by atoms with Crippen LogP contribution in [0, 0.1) is 36.5 Å². The van der Waals surface area contributed by atoms with Gasteiger partial charge in [0.1, 0.15) is 5.75 Å². The zero-order valence-electron chi connectivity index (χ0n) is 12.5. The van der Waals surface area contributed by atoms with Crippen molar-refractivity contribution in [2.24, 2.45) is 35.3 Å². The minimum absolute atomic E-state index is 0.176. The van der Waals surface area contributed by atoms with E-state index in [-0.39, 0.29) is 6.04 Å². The number of hydrogen-bond donors (Lipinski definition) is 1. The summed E-state index contributed by atoms with van der Waals surface area (Å²) in [5.41, 5.74) is 9.19. The molecule has 3 aliphatic rings. The van der Waals surface area contributed by atoms with E-state index in [0.717, 1.165) is 35.3 Å². The maximum atomic E-state index is 6.66. The number of nitrogens with two attached hydrogens (primary N) is 1. The van der Waals surface area contributed by atoms with E-state index >= 15 is 0 Å². The van der Waals surface area contributed by atoms with Gasteiger partial charge in [-0.3, -0.25) is 0 Å². The molecule has 2 heteroatoms. The molecule has 0 amide bonds. The summed E-state index contributed by atoms with van der Waals surface area (Å²) in [6, 6.07) is 6.64. The van der Waals surface area contributed by atoms with E-state index in [1.807, 2.05) is 6.92 Å². The lowest BCUT2D eigenvalue weighted by Gasteiger charge is -2.20. The normalized spacial score (nSPS) is 38.6. The lowest BCUT2D eigenvalue weighted by Crippen LogP contribution is -2.18. The lowest BCUT2D eigenvalue weighted by molar-refractivity contribution is 0.328. The Hall–Kier alpha value is -1.02. The topological polar surface area (TPSA) is 35.2 Å². The van der Waals surface area contributed by atoms with Gasteiger partial charge in [0.2, 0.25) is 0 Å². The predicted molar refractivity (Wildman–Crippen MR) is 80.6 cm³/mol. The van der Waals surface area contributed by atoms with Crippen molar-refractivity contribution >= 4 is 0 Å². The highest BCUT2D eigenvalue weighted by Crippen LogP contribution is 2.72. The van der Waals surface area contributed by atoms with E-state index in [2.05, 4.69) is 25.1 Å². The summed E-state index contributed by atoms with van der Waals surface area (Å²) in [6.45, 7) is 4.90. The minimum Gasteiger partial charge on any atom is -0.494 e. The fourth-order valence-electron chi connectivity index (χ4n) is 5.30. The van der Waals surface area contributed by atoms with Crippen molar-refractivity contribution in [3.63, 3.8) is 0 Å². The molecule has 3 aliphatic carbocycles. The lowest BCUT2D eigenvalue weighted by atomic mass is 9.92. The van der Waals surface area contributed by atoms with Crippen LogP contribution in [0.25, 0.3) is 0 Å². The van der Waals surface area contributed by atoms with Crippen LogP contribution >= 0.6 is 0 Å². The first-order chi connectivity index (χ1) is 9.70. The van der Waals surface area contributed by atoms with E-state index in [9.17, 15) is 0 Å². The Morgan fingerprint density at radius 3 is 2.60 bits per heavy atom. The fraction of sp³-hybridized carbons (Fsp3) is 0.667. The summed E-state index contributed by atoms with van der Waals surface area (Å²) in [6.07, 6.45) is 4.41. The Morgan fingerprint density at radius 2 is 1.95 bits per heavy atom. The monoisotopic (exact) mass is 271 g/mol. The molecule has 2 bridgehead atoms. The first kappa shape index (κ1) is 12.7. The first-order valence-electron chi connectivity index (χ1n) is 8.19. The molecule has 0 heterocycles. The zero-order valence-corrected chi connectivity index (χ0v) is 12.5. The maximum Gasteiger partial charge on any atom is 0.124 e. The summed E-state index contributed by atoms with van der Waals surface area (Å²) in [5, 5.41) is 0.